The number of carbonyl (C=O) groups is 1. The lowest BCUT2D eigenvalue weighted by molar-refractivity contribution is 0.0505. The number of methoxy groups -OCH3 is 1. The largest absolute Gasteiger partial charge is 0.497 e. The number of aromatic nitrogens is 2. The molecule has 38 heavy (non-hydrogen) atoms. The van der Waals surface area contributed by atoms with Crippen molar-refractivity contribution in [2.24, 2.45) is 0 Å². The molecule has 4 aromatic rings. The van der Waals surface area contributed by atoms with Gasteiger partial charge in [-0.25, -0.2) is 4.68 Å². The molecule has 3 aromatic carbocycles. The average molecular weight is 512 g/mol. The Labute approximate surface area is 223 Å². The summed E-state index contributed by atoms with van der Waals surface area (Å²) in [7, 11) is 1.60. The average Bonchev–Trinajstić information content (AvgIpc) is 3.61. The SMILES string of the molecule is CCc1nn(-c2ccccc2)c(Oc2ccccc2)c1CN(C[C@H]1CCCO1)C(=O)c1cccc(OC)c1. The first-order chi connectivity index (χ1) is 18.7. The Morgan fingerprint density at radius 3 is 2.45 bits per heavy atom. The van der Waals surface area contributed by atoms with E-state index in [-0.39, 0.29) is 12.0 Å². The molecule has 7 nitrogen and oxygen atoms in total. The lowest BCUT2D eigenvalue weighted by Crippen LogP contribution is -2.37. The lowest BCUT2D eigenvalue weighted by atomic mass is 10.1. The summed E-state index contributed by atoms with van der Waals surface area (Å²) < 4.78 is 19.6. The minimum Gasteiger partial charge on any atom is -0.497 e. The molecule has 0 bridgehead atoms. The molecule has 0 spiro atoms. The summed E-state index contributed by atoms with van der Waals surface area (Å²) in [6.07, 6.45) is 2.62. The van der Waals surface area contributed by atoms with Crippen LogP contribution in [0, 0.1) is 0 Å². The summed E-state index contributed by atoms with van der Waals surface area (Å²) in [6, 6.07) is 26.9. The Bertz CT molecular complexity index is 1350. The maximum atomic E-state index is 13.9. The molecule has 0 unspecified atom stereocenters. The highest BCUT2D eigenvalue weighted by Gasteiger charge is 2.28. The number of rotatable bonds is 10. The molecule has 0 saturated carbocycles. The zero-order chi connectivity index (χ0) is 26.3. The van der Waals surface area contributed by atoms with Gasteiger partial charge in [0.15, 0.2) is 0 Å². The van der Waals surface area contributed by atoms with Crippen LogP contribution < -0.4 is 9.47 Å². The van der Waals surface area contributed by atoms with Gasteiger partial charge in [-0.2, -0.15) is 5.10 Å². The van der Waals surface area contributed by atoms with Gasteiger partial charge in [0.2, 0.25) is 5.88 Å². The van der Waals surface area contributed by atoms with Crippen LogP contribution in [0.5, 0.6) is 17.4 Å². The first-order valence-electron chi connectivity index (χ1n) is 13.1. The van der Waals surface area contributed by atoms with Crippen molar-refractivity contribution in [2.75, 3.05) is 20.3 Å². The molecule has 1 amide bonds. The summed E-state index contributed by atoms with van der Waals surface area (Å²) in [5.41, 5.74) is 3.23. The molecule has 196 valence electrons. The van der Waals surface area contributed by atoms with Gasteiger partial charge in [0, 0.05) is 18.7 Å². The smallest absolute Gasteiger partial charge is 0.254 e. The Morgan fingerprint density at radius 1 is 1.03 bits per heavy atom. The summed E-state index contributed by atoms with van der Waals surface area (Å²) >= 11 is 0. The summed E-state index contributed by atoms with van der Waals surface area (Å²) in [5, 5.41) is 4.94. The molecule has 1 aromatic heterocycles. The van der Waals surface area contributed by atoms with E-state index in [2.05, 4.69) is 6.92 Å². The van der Waals surface area contributed by atoms with Crippen LogP contribution >= 0.6 is 0 Å². The lowest BCUT2D eigenvalue weighted by Gasteiger charge is -2.26. The zero-order valence-corrected chi connectivity index (χ0v) is 21.9. The Morgan fingerprint density at radius 2 is 1.76 bits per heavy atom. The molecule has 1 atom stereocenters. The molecule has 1 fully saturated rings. The van der Waals surface area contributed by atoms with Crippen LogP contribution in [-0.4, -0.2) is 47.0 Å². The van der Waals surface area contributed by atoms with Crippen molar-refractivity contribution in [3.8, 4) is 23.1 Å². The predicted octanol–water partition coefficient (Wildman–Crippen LogP) is 6.06. The van der Waals surface area contributed by atoms with Crippen molar-refractivity contribution in [1.82, 2.24) is 14.7 Å². The van der Waals surface area contributed by atoms with Crippen LogP contribution in [0.2, 0.25) is 0 Å². The van der Waals surface area contributed by atoms with Crippen LogP contribution in [0.4, 0.5) is 0 Å². The highest BCUT2D eigenvalue weighted by molar-refractivity contribution is 5.94. The third kappa shape index (κ3) is 5.73. The number of hydrogen-bond donors (Lipinski definition) is 0. The van der Waals surface area contributed by atoms with Gasteiger partial charge in [0.1, 0.15) is 11.5 Å². The molecular weight excluding hydrogens is 478 g/mol. The van der Waals surface area contributed by atoms with E-state index in [0.717, 1.165) is 36.4 Å². The fourth-order valence-electron chi connectivity index (χ4n) is 4.75. The highest BCUT2D eigenvalue weighted by Crippen LogP contribution is 2.33. The summed E-state index contributed by atoms with van der Waals surface area (Å²) in [6.45, 7) is 3.62. The number of hydrogen-bond acceptors (Lipinski definition) is 5. The second-order valence-electron chi connectivity index (χ2n) is 9.30. The molecular formula is C31H33N3O4. The molecule has 0 radical (unpaired) electrons. The van der Waals surface area contributed by atoms with Gasteiger partial charge in [0.05, 0.1) is 36.7 Å². The minimum atomic E-state index is -0.0837. The predicted molar refractivity (Wildman–Crippen MR) is 146 cm³/mol. The zero-order valence-electron chi connectivity index (χ0n) is 21.9. The maximum Gasteiger partial charge on any atom is 0.254 e. The highest BCUT2D eigenvalue weighted by atomic mass is 16.5. The van der Waals surface area contributed by atoms with Crippen molar-refractivity contribution in [1.29, 1.82) is 0 Å². The van der Waals surface area contributed by atoms with E-state index in [1.54, 1.807) is 13.2 Å². The number of amides is 1. The Hall–Kier alpha value is -4.10. The Balaban J connectivity index is 1.57. The standard InChI is InChI=1S/C31H33N3O4/c1-3-29-28(31(38-25-15-8-5-9-16-25)34(32-29)24-13-6-4-7-14-24)22-33(21-27-18-11-19-37-27)30(35)23-12-10-17-26(20-23)36-2/h4-10,12-17,20,27H,3,11,18-19,21-22H2,1-2H3/t27-/m1/s1. The second-order valence-corrected chi connectivity index (χ2v) is 9.30. The van der Waals surface area contributed by atoms with Gasteiger partial charge in [-0.3, -0.25) is 4.79 Å². The quantitative estimate of drug-likeness (QED) is 0.259. The van der Waals surface area contributed by atoms with E-state index >= 15 is 0 Å². The van der Waals surface area contributed by atoms with Gasteiger partial charge < -0.3 is 19.1 Å². The number of nitrogens with zero attached hydrogens (tertiary/aromatic N) is 3. The van der Waals surface area contributed by atoms with Gasteiger partial charge in [0.25, 0.3) is 5.91 Å². The molecule has 2 heterocycles. The molecule has 5 rings (SSSR count). The topological polar surface area (TPSA) is 65.8 Å². The van der Waals surface area contributed by atoms with Crippen molar-refractivity contribution >= 4 is 5.91 Å². The van der Waals surface area contributed by atoms with Crippen molar-refractivity contribution < 1.29 is 19.0 Å². The summed E-state index contributed by atoms with van der Waals surface area (Å²) in [4.78, 5) is 15.8. The second kappa shape index (κ2) is 12.0. The number of benzene rings is 3. The van der Waals surface area contributed by atoms with E-state index in [4.69, 9.17) is 19.3 Å². The normalized spacial score (nSPS) is 14.8. The van der Waals surface area contributed by atoms with Crippen LogP contribution in [0.3, 0.4) is 0 Å². The van der Waals surface area contributed by atoms with Crippen LogP contribution in [-0.2, 0) is 17.7 Å². The van der Waals surface area contributed by atoms with Gasteiger partial charge in [-0.15, -0.1) is 0 Å². The third-order valence-corrected chi connectivity index (χ3v) is 6.71. The monoisotopic (exact) mass is 511 g/mol. The maximum absolute atomic E-state index is 13.9. The van der Waals surface area contributed by atoms with Crippen molar-refractivity contribution in [3.63, 3.8) is 0 Å². The molecule has 7 heteroatoms. The van der Waals surface area contributed by atoms with Crippen molar-refractivity contribution in [2.45, 2.75) is 38.8 Å². The van der Waals surface area contributed by atoms with E-state index < -0.39 is 0 Å². The van der Waals surface area contributed by atoms with Gasteiger partial charge in [-0.05, 0) is 61.7 Å². The number of aryl methyl sites for hydroxylation is 1. The molecule has 0 N–H and O–H groups in total. The molecule has 1 aliphatic rings. The molecule has 1 aliphatic heterocycles. The first-order valence-corrected chi connectivity index (χ1v) is 13.1. The summed E-state index contributed by atoms with van der Waals surface area (Å²) in [5.74, 6) is 1.88. The van der Waals surface area contributed by atoms with Crippen LogP contribution in [0.15, 0.2) is 84.9 Å². The van der Waals surface area contributed by atoms with E-state index in [9.17, 15) is 4.79 Å². The van der Waals surface area contributed by atoms with Gasteiger partial charge >= 0.3 is 0 Å². The fraction of sp³-hybridized carbons (Fsp3) is 0.290. The fourth-order valence-corrected chi connectivity index (χ4v) is 4.75. The number of carbonyl (C=O) groups excluding carboxylic acids is 1. The third-order valence-electron chi connectivity index (χ3n) is 6.71. The first kappa shape index (κ1) is 25.5. The van der Waals surface area contributed by atoms with Crippen molar-refractivity contribution in [3.05, 3.63) is 102 Å². The molecule has 1 saturated heterocycles. The number of para-hydroxylation sites is 2. The number of ether oxygens (including phenoxy) is 3. The van der Waals surface area contributed by atoms with E-state index in [1.165, 1.54) is 0 Å². The van der Waals surface area contributed by atoms with E-state index in [0.29, 0.717) is 42.5 Å². The minimum absolute atomic E-state index is 0.00251. The van der Waals surface area contributed by atoms with Crippen LogP contribution in [0.1, 0.15) is 41.4 Å². The van der Waals surface area contributed by atoms with Crippen LogP contribution in [0.25, 0.3) is 5.69 Å². The Kier molecular flexibility index (Phi) is 8.04. The molecule has 0 aliphatic carbocycles. The van der Waals surface area contributed by atoms with Gasteiger partial charge in [-0.1, -0.05) is 49.4 Å². The van der Waals surface area contributed by atoms with E-state index in [1.807, 2.05) is 88.4 Å².